The lowest BCUT2D eigenvalue weighted by molar-refractivity contribution is -0.137. The molecule has 0 heterocycles. The first kappa shape index (κ1) is 27.3. The molecule has 4 unspecified atom stereocenters. The van der Waals surface area contributed by atoms with E-state index >= 15 is 0 Å². The molecule has 3 aromatic rings. The average Bonchev–Trinajstić information content (AvgIpc) is 2.85. The number of carbonyl (C=O) groups excluding carboxylic acids is 1. The fourth-order valence-corrected chi connectivity index (χ4v) is 6.26. The zero-order valence-corrected chi connectivity index (χ0v) is 21.2. The van der Waals surface area contributed by atoms with E-state index in [2.05, 4.69) is 5.32 Å². The van der Waals surface area contributed by atoms with E-state index in [1.165, 1.54) is 6.92 Å². The van der Waals surface area contributed by atoms with Crippen LogP contribution in [0.5, 0.6) is 0 Å². The van der Waals surface area contributed by atoms with E-state index in [1.54, 1.807) is 24.3 Å². The lowest BCUT2D eigenvalue weighted by Gasteiger charge is -2.37. The molecule has 8 heteroatoms. The monoisotopic (exact) mass is 508 g/mol. The normalized spacial score (nSPS) is 16.2. The Balaban J connectivity index is 1.93. The molecule has 3 aromatic carbocycles. The fourth-order valence-electron chi connectivity index (χ4n) is 4.30. The molecule has 0 aliphatic rings. The molecule has 3 rings (SSSR count). The van der Waals surface area contributed by atoms with Gasteiger partial charge in [0.25, 0.3) is 0 Å². The van der Waals surface area contributed by atoms with Crippen molar-refractivity contribution in [3.8, 4) is 0 Å². The fraction of sp³-hybridized carbons (Fsp3) is 0.286. The molecular formula is C28H33N2O5P. The minimum Gasteiger partial charge on any atom is -0.481 e. The molecule has 0 spiro atoms. The third kappa shape index (κ3) is 6.91. The van der Waals surface area contributed by atoms with Gasteiger partial charge in [-0.3, -0.25) is 14.2 Å². The Morgan fingerprint density at radius 3 is 1.78 bits per heavy atom. The number of nitrogens with one attached hydrogen (secondary N) is 1. The summed E-state index contributed by atoms with van der Waals surface area (Å²) in [5.74, 6) is -2.96. The molecule has 0 radical (unpaired) electrons. The molecule has 1 amide bonds. The summed E-state index contributed by atoms with van der Waals surface area (Å²) in [5.41, 5.74) is 8.65. The van der Waals surface area contributed by atoms with Crippen molar-refractivity contribution in [1.82, 2.24) is 5.32 Å². The van der Waals surface area contributed by atoms with Crippen molar-refractivity contribution < 1.29 is 24.2 Å². The summed E-state index contributed by atoms with van der Waals surface area (Å²) < 4.78 is 14.0. The highest BCUT2D eigenvalue weighted by molar-refractivity contribution is 7.61. The molecule has 7 nitrogen and oxygen atoms in total. The van der Waals surface area contributed by atoms with Crippen LogP contribution in [-0.4, -0.2) is 38.9 Å². The summed E-state index contributed by atoms with van der Waals surface area (Å²) >= 11 is 0. The highest BCUT2D eigenvalue weighted by atomic mass is 31.2. The van der Waals surface area contributed by atoms with Gasteiger partial charge in [-0.2, -0.15) is 0 Å². The summed E-state index contributed by atoms with van der Waals surface area (Å²) in [7, 11) is -4.35. The Morgan fingerprint density at radius 2 is 1.31 bits per heavy atom. The standard InChI is InChI=1S/C28H33N2O5P/c1-28(20-23-15-9-4-10-16-23,36(34,35)25(29)18-22-13-7-3-8-14-22)27(33)30-24(19-26(31)32)17-21-11-5-2-6-12-21/h2-16,24-25H,17-20,29H2,1H3,(H,30,33)(H,31,32)(H,34,35). The topological polar surface area (TPSA) is 130 Å². The molecule has 190 valence electrons. The number of rotatable bonds is 12. The van der Waals surface area contributed by atoms with Crippen molar-refractivity contribution in [3.63, 3.8) is 0 Å². The van der Waals surface area contributed by atoms with Crippen LogP contribution in [0.4, 0.5) is 0 Å². The zero-order chi connectivity index (χ0) is 26.2. The Kier molecular flexibility index (Phi) is 9.21. The number of amides is 1. The van der Waals surface area contributed by atoms with E-state index in [-0.39, 0.29) is 25.7 Å². The van der Waals surface area contributed by atoms with Crippen LogP contribution in [0.1, 0.15) is 30.0 Å². The SMILES string of the molecule is CC(Cc1ccccc1)(C(=O)NC(CC(=O)O)Cc1ccccc1)P(=O)(O)C(N)Cc1ccccc1. The molecule has 5 N–H and O–H groups in total. The van der Waals surface area contributed by atoms with Gasteiger partial charge in [0.2, 0.25) is 13.3 Å². The number of carboxylic acid groups (broad SMARTS) is 1. The molecule has 0 aliphatic heterocycles. The summed E-state index contributed by atoms with van der Waals surface area (Å²) in [6.07, 6.45) is 0.0376. The first-order chi connectivity index (χ1) is 17.1. The number of carboxylic acids is 1. The predicted octanol–water partition coefficient (Wildman–Crippen LogP) is 3.99. The summed E-state index contributed by atoms with van der Waals surface area (Å²) in [6.45, 7) is 1.45. The number of carbonyl (C=O) groups is 2. The predicted molar refractivity (Wildman–Crippen MR) is 141 cm³/mol. The quantitative estimate of drug-likeness (QED) is 0.274. The van der Waals surface area contributed by atoms with Crippen LogP contribution in [0.2, 0.25) is 0 Å². The van der Waals surface area contributed by atoms with Crippen LogP contribution >= 0.6 is 7.37 Å². The third-order valence-corrected chi connectivity index (χ3v) is 9.26. The van der Waals surface area contributed by atoms with Crippen molar-refractivity contribution >= 4 is 19.2 Å². The largest absolute Gasteiger partial charge is 0.481 e. The lowest BCUT2D eigenvalue weighted by Crippen LogP contribution is -2.52. The van der Waals surface area contributed by atoms with Gasteiger partial charge in [-0.05, 0) is 42.9 Å². The zero-order valence-electron chi connectivity index (χ0n) is 20.3. The van der Waals surface area contributed by atoms with Crippen LogP contribution in [0.15, 0.2) is 91.0 Å². The average molecular weight is 509 g/mol. The van der Waals surface area contributed by atoms with E-state index in [0.717, 1.165) is 11.1 Å². The second-order valence-corrected chi connectivity index (χ2v) is 12.2. The van der Waals surface area contributed by atoms with Gasteiger partial charge in [-0.1, -0.05) is 91.0 Å². The second kappa shape index (κ2) is 12.1. The molecule has 0 bridgehead atoms. The van der Waals surface area contributed by atoms with Crippen LogP contribution in [0.3, 0.4) is 0 Å². The van der Waals surface area contributed by atoms with E-state index in [9.17, 15) is 24.2 Å². The van der Waals surface area contributed by atoms with Gasteiger partial charge in [0.15, 0.2) is 0 Å². The number of hydrogen-bond donors (Lipinski definition) is 4. The van der Waals surface area contributed by atoms with Crippen molar-refractivity contribution in [2.45, 2.75) is 49.6 Å². The van der Waals surface area contributed by atoms with E-state index in [1.807, 2.05) is 66.7 Å². The molecule has 0 aromatic heterocycles. The van der Waals surface area contributed by atoms with Gasteiger partial charge < -0.3 is 21.1 Å². The van der Waals surface area contributed by atoms with E-state index < -0.39 is 36.2 Å². The van der Waals surface area contributed by atoms with Crippen molar-refractivity contribution in [2.75, 3.05) is 0 Å². The molecule has 0 aliphatic carbocycles. The third-order valence-electron chi connectivity index (χ3n) is 6.41. The maximum Gasteiger partial charge on any atom is 0.305 e. The Hall–Kier alpha value is -3.25. The maximum absolute atomic E-state index is 14.0. The second-order valence-electron chi connectivity index (χ2n) is 9.27. The first-order valence-electron chi connectivity index (χ1n) is 11.8. The van der Waals surface area contributed by atoms with Crippen molar-refractivity contribution in [3.05, 3.63) is 108 Å². The van der Waals surface area contributed by atoms with Gasteiger partial charge in [0, 0.05) is 6.04 Å². The molecule has 36 heavy (non-hydrogen) atoms. The number of benzene rings is 3. The van der Waals surface area contributed by atoms with E-state index in [0.29, 0.717) is 5.56 Å². The Labute approximate surface area is 211 Å². The van der Waals surface area contributed by atoms with Crippen LogP contribution in [0, 0.1) is 0 Å². The van der Waals surface area contributed by atoms with Gasteiger partial charge in [-0.15, -0.1) is 0 Å². The minimum atomic E-state index is -4.35. The van der Waals surface area contributed by atoms with Gasteiger partial charge >= 0.3 is 5.97 Å². The number of hydrogen-bond acceptors (Lipinski definition) is 4. The van der Waals surface area contributed by atoms with Crippen LogP contribution < -0.4 is 11.1 Å². The van der Waals surface area contributed by atoms with Gasteiger partial charge in [-0.25, -0.2) is 0 Å². The highest BCUT2D eigenvalue weighted by Crippen LogP contribution is 2.59. The highest BCUT2D eigenvalue weighted by Gasteiger charge is 2.53. The minimum absolute atomic E-state index is 0.0267. The van der Waals surface area contributed by atoms with Crippen LogP contribution in [-0.2, 0) is 33.4 Å². The molecule has 4 atom stereocenters. The van der Waals surface area contributed by atoms with E-state index in [4.69, 9.17) is 5.73 Å². The molecule has 0 fully saturated rings. The molecule has 0 saturated carbocycles. The van der Waals surface area contributed by atoms with Crippen molar-refractivity contribution in [2.24, 2.45) is 5.73 Å². The van der Waals surface area contributed by atoms with Crippen LogP contribution in [0.25, 0.3) is 0 Å². The summed E-state index contributed by atoms with van der Waals surface area (Å²) in [5, 5.41) is 10.4. The number of aliphatic carboxylic acids is 1. The molecular weight excluding hydrogens is 475 g/mol. The van der Waals surface area contributed by atoms with Gasteiger partial charge in [0.1, 0.15) is 5.16 Å². The molecule has 0 saturated heterocycles. The first-order valence-corrected chi connectivity index (χ1v) is 13.6. The van der Waals surface area contributed by atoms with Gasteiger partial charge in [0.05, 0.1) is 12.2 Å². The Morgan fingerprint density at radius 1 is 0.861 bits per heavy atom. The maximum atomic E-state index is 14.0. The smallest absolute Gasteiger partial charge is 0.305 e. The summed E-state index contributed by atoms with van der Waals surface area (Å²) in [4.78, 5) is 36.8. The van der Waals surface area contributed by atoms with Crippen molar-refractivity contribution in [1.29, 1.82) is 0 Å². The number of nitrogens with two attached hydrogens (primary N) is 1. The lowest BCUT2D eigenvalue weighted by atomic mass is 9.97. The Bertz CT molecular complexity index is 1190. The summed E-state index contributed by atoms with van der Waals surface area (Å²) in [6, 6.07) is 26.5.